The highest BCUT2D eigenvalue weighted by Gasteiger charge is 2.33. The van der Waals surface area contributed by atoms with Crippen LogP contribution in [0.4, 0.5) is 0 Å². The van der Waals surface area contributed by atoms with Gasteiger partial charge in [0.1, 0.15) is 11.9 Å². The number of hydrogen-bond donors (Lipinski definition) is 4. The van der Waals surface area contributed by atoms with Crippen LogP contribution in [0.5, 0.6) is 5.75 Å². The molecule has 0 spiro atoms. The number of carbonyl (C=O) groups excluding carboxylic acids is 1. The van der Waals surface area contributed by atoms with Crippen molar-refractivity contribution >= 4 is 5.91 Å². The predicted molar refractivity (Wildman–Crippen MR) is 102 cm³/mol. The highest BCUT2D eigenvalue weighted by Crippen LogP contribution is 2.24. The second-order valence-electron chi connectivity index (χ2n) is 6.84. The minimum Gasteiger partial charge on any atom is -0.508 e. The molecule has 0 aliphatic carbocycles. The van der Waals surface area contributed by atoms with Gasteiger partial charge in [0, 0.05) is 24.8 Å². The third-order valence-electron chi connectivity index (χ3n) is 4.86. The van der Waals surface area contributed by atoms with Gasteiger partial charge in [0.25, 0.3) is 5.91 Å². The molecule has 1 aliphatic heterocycles. The summed E-state index contributed by atoms with van der Waals surface area (Å²) in [5.41, 5.74) is 3.13. The van der Waals surface area contributed by atoms with Gasteiger partial charge in [-0.2, -0.15) is 0 Å². The SMILES string of the molecule is C=C(N[C@@H](C)c1ccc(O)cc1)C(O)C(O)C(=O)N1Cc2ccccc2C1. The van der Waals surface area contributed by atoms with Crippen LogP contribution in [0.25, 0.3) is 0 Å². The minimum absolute atomic E-state index is 0.160. The third kappa shape index (κ3) is 4.13. The standard InChI is InChI=1S/C21H24N2O4/c1-13(15-7-9-18(24)10-8-15)22-14(2)19(25)20(26)21(27)23-11-16-5-3-4-6-17(16)12-23/h3-10,13,19-20,22,24-26H,2,11-12H2,1H3/t13-,19?,20?/m0/s1. The summed E-state index contributed by atoms with van der Waals surface area (Å²) in [7, 11) is 0. The summed E-state index contributed by atoms with van der Waals surface area (Å²) in [6.45, 7) is 6.46. The summed E-state index contributed by atoms with van der Waals surface area (Å²) >= 11 is 0. The van der Waals surface area contributed by atoms with Gasteiger partial charge in [0.05, 0.1) is 0 Å². The number of phenols is 1. The Morgan fingerprint density at radius 3 is 2.15 bits per heavy atom. The van der Waals surface area contributed by atoms with Gasteiger partial charge in [-0.15, -0.1) is 0 Å². The molecule has 2 aromatic rings. The average Bonchev–Trinajstić information content (AvgIpc) is 3.10. The van der Waals surface area contributed by atoms with E-state index in [-0.39, 0.29) is 17.5 Å². The van der Waals surface area contributed by atoms with Crippen LogP contribution in [0.15, 0.2) is 60.8 Å². The van der Waals surface area contributed by atoms with Crippen molar-refractivity contribution in [3.63, 3.8) is 0 Å². The number of phenolic OH excluding ortho intramolecular Hbond substituents is 1. The van der Waals surface area contributed by atoms with Crippen LogP contribution in [-0.4, -0.2) is 38.3 Å². The lowest BCUT2D eigenvalue weighted by atomic mass is 10.1. The van der Waals surface area contributed by atoms with Crippen molar-refractivity contribution in [3.8, 4) is 5.75 Å². The first-order valence-electron chi connectivity index (χ1n) is 8.82. The molecular weight excluding hydrogens is 344 g/mol. The van der Waals surface area contributed by atoms with Crippen molar-refractivity contribution in [2.75, 3.05) is 0 Å². The number of benzene rings is 2. The predicted octanol–water partition coefficient (Wildman–Crippen LogP) is 1.82. The maximum Gasteiger partial charge on any atom is 0.255 e. The number of nitrogens with zero attached hydrogens (tertiary/aromatic N) is 1. The summed E-state index contributed by atoms with van der Waals surface area (Å²) < 4.78 is 0. The highest BCUT2D eigenvalue weighted by molar-refractivity contribution is 5.82. The molecule has 27 heavy (non-hydrogen) atoms. The fourth-order valence-corrected chi connectivity index (χ4v) is 3.21. The Morgan fingerprint density at radius 1 is 1.04 bits per heavy atom. The molecule has 0 saturated heterocycles. The van der Waals surface area contributed by atoms with Crippen LogP contribution in [0.2, 0.25) is 0 Å². The first-order valence-corrected chi connectivity index (χ1v) is 8.82. The maximum atomic E-state index is 12.6. The Kier molecular flexibility index (Phi) is 5.48. The van der Waals surface area contributed by atoms with Gasteiger partial charge in [-0.25, -0.2) is 0 Å². The molecule has 0 radical (unpaired) electrons. The number of hydrogen-bond acceptors (Lipinski definition) is 5. The van der Waals surface area contributed by atoms with Crippen molar-refractivity contribution < 1.29 is 20.1 Å². The van der Waals surface area contributed by atoms with E-state index in [4.69, 9.17) is 0 Å². The molecule has 0 aromatic heterocycles. The molecule has 6 heteroatoms. The normalized spacial score (nSPS) is 16.3. The maximum absolute atomic E-state index is 12.6. The summed E-state index contributed by atoms with van der Waals surface area (Å²) in [4.78, 5) is 14.1. The fourth-order valence-electron chi connectivity index (χ4n) is 3.21. The molecule has 1 aliphatic rings. The molecule has 142 valence electrons. The number of aromatic hydroxyl groups is 1. The molecule has 0 fully saturated rings. The second-order valence-corrected chi connectivity index (χ2v) is 6.84. The molecule has 1 amide bonds. The number of amides is 1. The number of carbonyl (C=O) groups is 1. The Bertz CT molecular complexity index is 809. The van der Waals surface area contributed by atoms with E-state index in [9.17, 15) is 20.1 Å². The van der Waals surface area contributed by atoms with Crippen molar-refractivity contribution in [3.05, 3.63) is 77.5 Å². The van der Waals surface area contributed by atoms with Gasteiger partial charge in [-0.1, -0.05) is 43.0 Å². The van der Waals surface area contributed by atoms with E-state index in [1.165, 1.54) is 4.90 Å². The van der Waals surface area contributed by atoms with Crippen LogP contribution < -0.4 is 5.32 Å². The lowest BCUT2D eigenvalue weighted by Crippen LogP contribution is -2.45. The quantitative estimate of drug-likeness (QED) is 0.624. The van der Waals surface area contributed by atoms with E-state index >= 15 is 0 Å². The van der Waals surface area contributed by atoms with E-state index < -0.39 is 18.1 Å². The molecular formula is C21H24N2O4. The zero-order chi connectivity index (χ0) is 19.6. The summed E-state index contributed by atoms with van der Waals surface area (Å²) in [6, 6.07) is 14.1. The molecule has 6 nitrogen and oxygen atoms in total. The zero-order valence-electron chi connectivity index (χ0n) is 15.2. The molecule has 2 unspecified atom stereocenters. The van der Waals surface area contributed by atoms with Crippen LogP contribution in [0, 0.1) is 0 Å². The number of rotatable bonds is 6. The van der Waals surface area contributed by atoms with Crippen LogP contribution in [-0.2, 0) is 17.9 Å². The van der Waals surface area contributed by atoms with Gasteiger partial charge in [-0.3, -0.25) is 4.79 Å². The largest absolute Gasteiger partial charge is 0.508 e. The van der Waals surface area contributed by atoms with Crippen LogP contribution in [0.1, 0.15) is 29.7 Å². The third-order valence-corrected chi connectivity index (χ3v) is 4.86. The van der Waals surface area contributed by atoms with E-state index in [1.807, 2.05) is 31.2 Å². The Morgan fingerprint density at radius 2 is 1.59 bits per heavy atom. The molecule has 3 atom stereocenters. The van der Waals surface area contributed by atoms with Crippen LogP contribution in [0.3, 0.4) is 0 Å². The van der Waals surface area contributed by atoms with Crippen molar-refractivity contribution in [2.24, 2.45) is 0 Å². The number of fused-ring (bicyclic) bond motifs is 1. The molecule has 2 aromatic carbocycles. The zero-order valence-corrected chi connectivity index (χ0v) is 15.2. The van der Waals surface area contributed by atoms with Gasteiger partial charge in [0.2, 0.25) is 0 Å². The number of aliphatic hydroxyl groups excluding tert-OH is 2. The highest BCUT2D eigenvalue weighted by atomic mass is 16.3. The van der Waals surface area contributed by atoms with Gasteiger partial charge in [-0.05, 0) is 35.7 Å². The topological polar surface area (TPSA) is 93.0 Å². The Balaban J connectivity index is 1.59. The van der Waals surface area contributed by atoms with E-state index in [0.717, 1.165) is 16.7 Å². The molecule has 3 rings (SSSR count). The summed E-state index contributed by atoms with van der Waals surface area (Å²) in [5, 5.41) is 33.1. The fraction of sp³-hybridized carbons (Fsp3) is 0.286. The Labute approximate surface area is 158 Å². The first-order chi connectivity index (χ1) is 12.9. The molecule has 0 bridgehead atoms. The average molecular weight is 368 g/mol. The lowest BCUT2D eigenvalue weighted by molar-refractivity contribution is -0.145. The second kappa shape index (κ2) is 7.82. The van der Waals surface area contributed by atoms with E-state index in [1.54, 1.807) is 24.3 Å². The minimum atomic E-state index is -1.59. The van der Waals surface area contributed by atoms with Gasteiger partial charge >= 0.3 is 0 Å². The first kappa shape index (κ1) is 18.9. The number of nitrogens with one attached hydrogen (secondary N) is 1. The van der Waals surface area contributed by atoms with E-state index in [2.05, 4.69) is 11.9 Å². The van der Waals surface area contributed by atoms with Gasteiger partial charge < -0.3 is 25.5 Å². The molecule has 1 heterocycles. The summed E-state index contributed by atoms with van der Waals surface area (Å²) in [5.74, 6) is -0.364. The van der Waals surface area contributed by atoms with Crippen LogP contribution >= 0.6 is 0 Å². The number of aliphatic hydroxyl groups is 2. The van der Waals surface area contributed by atoms with Gasteiger partial charge in [0.15, 0.2) is 6.10 Å². The van der Waals surface area contributed by atoms with Crippen molar-refractivity contribution in [2.45, 2.75) is 38.3 Å². The molecule has 0 saturated carbocycles. The lowest BCUT2D eigenvalue weighted by Gasteiger charge is -2.26. The van der Waals surface area contributed by atoms with E-state index in [0.29, 0.717) is 13.1 Å². The smallest absolute Gasteiger partial charge is 0.255 e. The summed E-state index contributed by atoms with van der Waals surface area (Å²) in [6.07, 6.45) is -3.02. The molecule has 4 N–H and O–H groups in total. The Hall–Kier alpha value is -2.83. The van der Waals surface area contributed by atoms with Crippen molar-refractivity contribution in [1.82, 2.24) is 10.2 Å². The van der Waals surface area contributed by atoms with Crippen molar-refractivity contribution in [1.29, 1.82) is 0 Å². The monoisotopic (exact) mass is 368 g/mol.